The molecule has 1 aliphatic carbocycles. The number of morpholine rings is 1. The minimum absolute atomic E-state index is 0.0819. The molecule has 0 spiro atoms. The van der Waals surface area contributed by atoms with E-state index < -0.39 is 0 Å². The van der Waals surface area contributed by atoms with E-state index in [-0.39, 0.29) is 23.4 Å². The maximum atomic E-state index is 13.4. The molecular weight excluding hydrogens is 456 g/mol. The number of amides is 1. The van der Waals surface area contributed by atoms with E-state index in [0.717, 1.165) is 61.2 Å². The van der Waals surface area contributed by atoms with Crippen LogP contribution in [0.1, 0.15) is 44.2 Å². The first-order valence-corrected chi connectivity index (χ1v) is 12.5. The number of H-pyrrole nitrogens is 1. The van der Waals surface area contributed by atoms with Crippen LogP contribution in [0.5, 0.6) is 0 Å². The molecule has 0 atom stereocenters. The van der Waals surface area contributed by atoms with Crippen LogP contribution in [0.25, 0.3) is 10.8 Å². The van der Waals surface area contributed by atoms with Crippen molar-refractivity contribution < 1.29 is 9.53 Å². The number of hydrogen-bond acceptors (Lipinski definition) is 7. The van der Waals surface area contributed by atoms with Gasteiger partial charge in [-0.3, -0.25) is 9.59 Å². The van der Waals surface area contributed by atoms with E-state index in [1.54, 1.807) is 5.01 Å². The average molecular weight is 489 g/mol. The normalized spacial score (nSPS) is 23.9. The minimum atomic E-state index is -0.162. The summed E-state index contributed by atoms with van der Waals surface area (Å²) in [6.07, 6.45) is 9.25. The van der Waals surface area contributed by atoms with Gasteiger partial charge in [-0.05, 0) is 50.8 Å². The van der Waals surface area contributed by atoms with E-state index in [1.165, 1.54) is 0 Å². The summed E-state index contributed by atoms with van der Waals surface area (Å²) in [6, 6.07) is 7.70. The van der Waals surface area contributed by atoms with Crippen molar-refractivity contribution in [3.8, 4) is 0 Å². The van der Waals surface area contributed by atoms with Gasteiger partial charge in [0.1, 0.15) is 0 Å². The largest absolute Gasteiger partial charge is 0.378 e. The van der Waals surface area contributed by atoms with Crippen LogP contribution >= 0.6 is 0 Å². The molecule has 0 bridgehead atoms. The Balaban J connectivity index is 1.29. The lowest BCUT2D eigenvalue weighted by atomic mass is 9.82. The van der Waals surface area contributed by atoms with Crippen LogP contribution in [0.3, 0.4) is 0 Å². The Labute approximate surface area is 210 Å². The van der Waals surface area contributed by atoms with Gasteiger partial charge in [-0.25, -0.2) is 10.1 Å². The van der Waals surface area contributed by atoms with Crippen LogP contribution in [0.2, 0.25) is 0 Å². The third kappa shape index (κ3) is 4.70. The number of fused-ring (bicyclic) bond motifs is 1. The molecule has 1 aromatic heterocycles. The molecule has 1 amide bonds. The number of hydrazone groups is 1. The molecule has 9 heteroatoms. The number of allylic oxidation sites excluding steroid dienone is 2. The highest BCUT2D eigenvalue weighted by molar-refractivity contribution is 5.94. The van der Waals surface area contributed by atoms with Gasteiger partial charge >= 0.3 is 0 Å². The third-order valence-corrected chi connectivity index (χ3v) is 7.33. The number of carbonyl (C=O) groups excluding carboxylic acids is 1. The first-order valence-electron chi connectivity index (χ1n) is 12.5. The number of aromatic nitrogens is 2. The highest BCUT2D eigenvalue weighted by Crippen LogP contribution is 2.35. The molecule has 0 unspecified atom stereocenters. The number of rotatable bonds is 5. The maximum Gasteiger partial charge on any atom is 0.272 e. The molecule has 2 N–H and O–H groups in total. The lowest BCUT2D eigenvalue weighted by Gasteiger charge is -2.36. The van der Waals surface area contributed by atoms with E-state index in [1.807, 2.05) is 49.5 Å². The number of benzene rings is 1. The van der Waals surface area contributed by atoms with Crippen molar-refractivity contribution in [3.05, 3.63) is 75.6 Å². The van der Waals surface area contributed by atoms with Crippen molar-refractivity contribution in [3.63, 3.8) is 0 Å². The van der Waals surface area contributed by atoms with E-state index in [9.17, 15) is 9.59 Å². The van der Waals surface area contributed by atoms with Gasteiger partial charge in [0.2, 0.25) is 5.91 Å². The Morgan fingerprint density at radius 3 is 2.61 bits per heavy atom. The molecule has 188 valence electrons. The lowest BCUT2D eigenvalue weighted by molar-refractivity contribution is -0.118. The Bertz CT molecular complexity index is 1300. The van der Waals surface area contributed by atoms with Crippen molar-refractivity contribution in [1.82, 2.24) is 25.4 Å². The fraction of sp³-hybridized carbons (Fsp3) is 0.407. The molecule has 1 saturated heterocycles. The van der Waals surface area contributed by atoms with Gasteiger partial charge < -0.3 is 15.0 Å². The number of hydrogen-bond donors (Lipinski definition) is 2. The van der Waals surface area contributed by atoms with Gasteiger partial charge in [-0.15, -0.1) is 0 Å². The SMILES string of the molecule is C=NN1C=CC=C(N2CCOCC2)/C1=C(/C)C(=O)NC1CCC(c2n[nH]c(=O)c3ccccc23)CC1. The van der Waals surface area contributed by atoms with Crippen molar-refractivity contribution in [1.29, 1.82) is 0 Å². The summed E-state index contributed by atoms with van der Waals surface area (Å²) >= 11 is 0. The second kappa shape index (κ2) is 10.5. The second-order valence-electron chi connectivity index (χ2n) is 9.46. The second-order valence-corrected chi connectivity index (χ2v) is 9.46. The van der Waals surface area contributed by atoms with Crippen LogP contribution in [0, 0.1) is 0 Å². The van der Waals surface area contributed by atoms with Crippen molar-refractivity contribution in [2.75, 3.05) is 26.3 Å². The number of aromatic amines is 1. The molecule has 1 aromatic carbocycles. The predicted molar refractivity (Wildman–Crippen MR) is 139 cm³/mol. The summed E-state index contributed by atoms with van der Waals surface area (Å²) in [6.45, 7) is 8.38. The molecule has 3 aliphatic rings. The Hall–Kier alpha value is -3.72. The zero-order valence-electron chi connectivity index (χ0n) is 20.6. The number of ether oxygens (including phenoxy) is 1. The van der Waals surface area contributed by atoms with E-state index in [4.69, 9.17) is 4.74 Å². The van der Waals surface area contributed by atoms with Gasteiger partial charge in [0, 0.05) is 48.9 Å². The third-order valence-electron chi connectivity index (χ3n) is 7.33. The molecular formula is C27H32N6O3. The first kappa shape index (κ1) is 24.0. The van der Waals surface area contributed by atoms with E-state index in [2.05, 4.69) is 32.2 Å². The highest BCUT2D eigenvalue weighted by atomic mass is 16.5. The monoisotopic (exact) mass is 488 g/mol. The van der Waals surface area contributed by atoms with Gasteiger partial charge in [0.05, 0.1) is 35.7 Å². The molecule has 0 radical (unpaired) electrons. The van der Waals surface area contributed by atoms with Crippen LogP contribution in [0.15, 0.2) is 69.5 Å². The van der Waals surface area contributed by atoms with E-state index >= 15 is 0 Å². The molecule has 3 heterocycles. The summed E-state index contributed by atoms with van der Waals surface area (Å²) in [4.78, 5) is 27.7. The minimum Gasteiger partial charge on any atom is -0.378 e. The summed E-state index contributed by atoms with van der Waals surface area (Å²) in [7, 11) is 0. The number of nitrogens with one attached hydrogen (secondary N) is 2. The van der Waals surface area contributed by atoms with Crippen molar-refractivity contribution >= 4 is 23.4 Å². The van der Waals surface area contributed by atoms with Gasteiger partial charge in [-0.2, -0.15) is 10.2 Å². The molecule has 9 nitrogen and oxygen atoms in total. The summed E-state index contributed by atoms with van der Waals surface area (Å²) in [5, 5.41) is 17.7. The van der Waals surface area contributed by atoms with E-state index in [0.29, 0.717) is 24.2 Å². The molecule has 2 aliphatic heterocycles. The zero-order valence-corrected chi connectivity index (χ0v) is 20.6. The molecule has 5 rings (SSSR count). The molecule has 2 fully saturated rings. The summed E-state index contributed by atoms with van der Waals surface area (Å²) in [5.41, 5.74) is 3.10. The fourth-order valence-electron chi connectivity index (χ4n) is 5.39. The Kier molecular flexibility index (Phi) is 6.99. The fourth-order valence-corrected chi connectivity index (χ4v) is 5.39. The van der Waals surface area contributed by atoms with Crippen LogP contribution in [-0.2, 0) is 9.53 Å². The quantitative estimate of drug-likeness (QED) is 0.496. The standard InChI is InChI=1S/C27H32N6O3/c1-18(25-23(8-5-13-33(25)28-2)32-14-16-36-17-15-32)26(34)29-20-11-9-19(10-12-20)24-21-6-3-4-7-22(21)27(35)31-30-24/h3-8,13,19-20H,2,9-12,14-17H2,1H3,(H,29,34)(H,31,35)/b25-18+. The van der Waals surface area contributed by atoms with Crippen LogP contribution in [0.4, 0.5) is 0 Å². The number of nitrogens with zero attached hydrogens (tertiary/aromatic N) is 4. The zero-order chi connectivity index (χ0) is 25.1. The molecule has 1 saturated carbocycles. The highest BCUT2D eigenvalue weighted by Gasteiger charge is 2.29. The lowest BCUT2D eigenvalue weighted by Crippen LogP contribution is -2.41. The maximum absolute atomic E-state index is 13.4. The first-order chi connectivity index (χ1) is 17.6. The Morgan fingerprint density at radius 1 is 1.17 bits per heavy atom. The smallest absolute Gasteiger partial charge is 0.272 e. The predicted octanol–water partition coefficient (Wildman–Crippen LogP) is 3.00. The number of carbonyl (C=O) groups is 1. The average Bonchev–Trinajstić information content (AvgIpc) is 2.93. The summed E-state index contributed by atoms with van der Waals surface area (Å²) < 4.78 is 5.50. The molecule has 2 aromatic rings. The van der Waals surface area contributed by atoms with Gasteiger partial charge in [0.15, 0.2) is 0 Å². The summed E-state index contributed by atoms with van der Waals surface area (Å²) in [5.74, 6) is 0.156. The Morgan fingerprint density at radius 2 is 1.89 bits per heavy atom. The van der Waals surface area contributed by atoms with Crippen molar-refractivity contribution in [2.45, 2.75) is 44.6 Å². The molecule has 36 heavy (non-hydrogen) atoms. The van der Waals surface area contributed by atoms with Crippen LogP contribution < -0.4 is 10.9 Å². The van der Waals surface area contributed by atoms with Crippen LogP contribution in [-0.4, -0.2) is 65.1 Å². The van der Waals surface area contributed by atoms with Gasteiger partial charge in [-0.1, -0.05) is 18.2 Å². The van der Waals surface area contributed by atoms with Gasteiger partial charge in [0.25, 0.3) is 5.56 Å². The topological polar surface area (TPSA) is 103 Å². The van der Waals surface area contributed by atoms with Crippen molar-refractivity contribution in [2.24, 2.45) is 5.10 Å².